The minimum Gasteiger partial charge on any atom is -0.387 e. The van der Waals surface area contributed by atoms with Crippen LogP contribution in [-0.4, -0.2) is 61.5 Å². The molecule has 0 bridgehead atoms. The van der Waals surface area contributed by atoms with Gasteiger partial charge in [-0.2, -0.15) is 0 Å². The minimum absolute atomic E-state index is 0.150. The molecule has 2 rings (SSSR count). The van der Waals surface area contributed by atoms with Gasteiger partial charge in [-0.15, -0.1) is 11.3 Å². The molecular formula is C14H22N2O4S. The van der Waals surface area contributed by atoms with Gasteiger partial charge in [0, 0.05) is 25.0 Å². The number of hydrogen-bond acceptors (Lipinski definition) is 6. The van der Waals surface area contributed by atoms with E-state index in [2.05, 4.69) is 0 Å². The fourth-order valence-electron chi connectivity index (χ4n) is 2.46. The summed E-state index contributed by atoms with van der Waals surface area (Å²) in [5.74, 6) is -0.150. The molecule has 118 valence electrons. The number of amides is 1. The largest absolute Gasteiger partial charge is 0.387 e. The number of hydrogen-bond donors (Lipinski definition) is 2. The molecule has 1 aromatic heterocycles. The summed E-state index contributed by atoms with van der Waals surface area (Å²) >= 11 is 1.50. The third kappa shape index (κ3) is 4.24. The highest BCUT2D eigenvalue weighted by Crippen LogP contribution is 2.26. The maximum absolute atomic E-state index is 12.4. The SMILES string of the molecule is COCC(N)C(=O)N1CCOCC1CC(O)c1cccs1. The van der Waals surface area contributed by atoms with Gasteiger partial charge in [-0.3, -0.25) is 4.79 Å². The quantitative estimate of drug-likeness (QED) is 0.792. The second kappa shape index (κ2) is 7.86. The Hall–Kier alpha value is -0.990. The fourth-order valence-corrected chi connectivity index (χ4v) is 3.18. The van der Waals surface area contributed by atoms with Crippen LogP contribution in [0.25, 0.3) is 0 Å². The number of morpholine rings is 1. The van der Waals surface area contributed by atoms with E-state index in [9.17, 15) is 9.90 Å². The first-order chi connectivity index (χ1) is 10.1. The number of carbonyl (C=O) groups is 1. The summed E-state index contributed by atoms with van der Waals surface area (Å²) in [5.41, 5.74) is 5.83. The van der Waals surface area contributed by atoms with Gasteiger partial charge in [0.1, 0.15) is 6.04 Å². The van der Waals surface area contributed by atoms with Gasteiger partial charge in [-0.1, -0.05) is 6.07 Å². The van der Waals surface area contributed by atoms with E-state index in [1.165, 1.54) is 18.4 Å². The first kappa shape index (κ1) is 16.4. The molecule has 2 heterocycles. The first-order valence-corrected chi connectivity index (χ1v) is 7.85. The Morgan fingerprint density at radius 1 is 1.71 bits per heavy atom. The Morgan fingerprint density at radius 2 is 2.52 bits per heavy atom. The molecule has 0 aromatic carbocycles. The molecule has 0 radical (unpaired) electrons. The number of nitrogens with zero attached hydrogens (tertiary/aromatic N) is 1. The monoisotopic (exact) mass is 314 g/mol. The van der Waals surface area contributed by atoms with Gasteiger partial charge in [0.2, 0.25) is 5.91 Å². The second-order valence-electron chi connectivity index (χ2n) is 5.09. The van der Waals surface area contributed by atoms with Crippen LogP contribution in [-0.2, 0) is 14.3 Å². The van der Waals surface area contributed by atoms with Crippen molar-refractivity contribution in [3.63, 3.8) is 0 Å². The lowest BCUT2D eigenvalue weighted by molar-refractivity contribution is -0.143. The molecule has 1 aliphatic heterocycles. The van der Waals surface area contributed by atoms with Crippen molar-refractivity contribution in [3.05, 3.63) is 22.4 Å². The molecule has 0 saturated carbocycles. The Kier molecular flexibility index (Phi) is 6.13. The summed E-state index contributed by atoms with van der Waals surface area (Å²) in [7, 11) is 1.52. The summed E-state index contributed by atoms with van der Waals surface area (Å²) in [5, 5.41) is 12.2. The zero-order valence-corrected chi connectivity index (χ0v) is 12.9. The highest BCUT2D eigenvalue weighted by molar-refractivity contribution is 7.10. The number of aliphatic hydroxyl groups is 1. The molecule has 3 atom stereocenters. The first-order valence-electron chi connectivity index (χ1n) is 6.97. The molecular weight excluding hydrogens is 292 g/mol. The molecule has 3 unspecified atom stereocenters. The average molecular weight is 314 g/mol. The second-order valence-corrected chi connectivity index (χ2v) is 6.07. The predicted octanol–water partition coefficient (Wildman–Crippen LogP) is 0.373. The third-order valence-corrected chi connectivity index (χ3v) is 4.51. The lowest BCUT2D eigenvalue weighted by Crippen LogP contribution is -2.55. The van der Waals surface area contributed by atoms with Gasteiger partial charge in [-0.05, 0) is 11.4 Å². The van der Waals surface area contributed by atoms with Crippen LogP contribution in [0, 0.1) is 0 Å². The van der Waals surface area contributed by atoms with Crippen LogP contribution < -0.4 is 5.73 Å². The molecule has 1 amide bonds. The van der Waals surface area contributed by atoms with Gasteiger partial charge >= 0.3 is 0 Å². The lowest BCUT2D eigenvalue weighted by Gasteiger charge is -2.37. The number of nitrogens with two attached hydrogens (primary N) is 1. The van der Waals surface area contributed by atoms with E-state index < -0.39 is 12.1 Å². The lowest BCUT2D eigenvalue weighted by atomic mass is 10.0. The van der Waals surface area contributed by atoms with Crippen LogP contribution in [0.3, 0.4) is 0 Å². The van der Waals surface area contributed by atoms with Crippen LogP contribution in [0.5, 0.6) is 0 Å². The van der Waals surface area contributed by atoms with Gasteiger partial charge in [0.25, 0.3) is 0 Å². The topological polar surface area (TPSA) is 85.0 Å². The fraction of sp³-hybridized carbons (Fsp3) is 0.643. The molecule has 1 fully saturated rings. The Balaban J connectivity index is 2.00. The van der Waals surface area contributed by atoms with Crippen LogP contribution >= 0.6 is 11.3 Å². The van der Waals surface area contributed by atoms with Crippen molar-refractivity contribution in [3.8, 4) is 0 Å². The van der Waals surface area contributed by atoms with E-state index in [1.807, 2.05) is 17.5 Å². The van der Waals surface area contributed by atoms with E-state index in [1.54, 1.807) is 4.90 Å². The Morgan fingerprint density at radius 3 is 3.19 bits per heavy atom. The van der Waals surface area contributed by atoms with Gasteiger partial charge in [0.15, 0.2) is 0 Å². The number of rotatable bonds is 6. The van der Waals surface area contributed by atoms with Crippen molar-refractivity contribution in [2.24, 2.45) is 5.73 Å². The number of thiophene rings is 1. The highest BCUT2D eigenvalue weighted by Gasteiger charge is 2.32. The summed E-state index contributed by atoms with van der Waals surface area (Å²) in [6.07, 6.45) is -0.142. The van der Waals surface area contributed by atoms with E-state index >= 15 is 0 Å². The molecule has 0 spiro atoms. The summed E-state index contributed by atoms with van der Waals surface area (Å²) in [6.45, 7) is 1.61. The highest BCUT2D eigenvalue weighted by atomic mass is 32.1. The summed E-state index contributed by atoms with van der Waals surface area (Å²) in [4.78, 5) is 15.0. The number of aliphatic hydroxyl groups excluding tert-OH is 1. The molecule has 3 N–H and O–H groups in total. The van der Waals surface area contributed by atoms with E-state index in [4.69, 9.17) is 15.2 Å². The molecule has 0 aliphatic carbocycles. The summed E-state index contributed by atoms with van der Waals surface area (Å²) in [6, 6.07) is 2.96. The van der Waals surface area contributed by atoms with Crippen LogP contribution in [0.2, 0.25) is 0 Å². The number of methoxy groups -OCH3 is 1. The molecule has 21 heavy (non-hydrogen) atoms. The van der Waals surface area contributed by atoms with Crippen LogP contribution in [0.4, 0.5) is 0 Å². The smallest absolute Gasteiger partial charge is 0.242 e. The zero-order valence-electron chi connectivity index (χ0n) is 12.1. The standard InChI is InChI=1S/C14H22N2O4S/c1-19-9-11(15)14(18)16-4-5-20-8-10(16)7-12(17)13-3-2-6-21-13/h2-3,6,10-12,17H,4-5,7-9,15H2,1H3. The van der Waals surface area contributed by atoms with Gasteiger partial charge in [0.05, 0.1) is 32.0 Å². The molecule has 1 saturated heterocycles. The van der Waals surface area contributed by atoms with Crippen molar-refractivity contribution < 1.29 is 19.4 Å². The maximum Gasteiger partial charge on any atom is 0.242 e. The van der Waals surface area contributed by atoms with Crippen molar-refractivity contribution in [1.82, 2.24) is 4.90 Å². The molecule has 1 aliphatic rings. The van der Waals surface area contributed by atoms with Gasteiger partial charge < -0.3 is 25.2 Å². The average Bonchev–Trinajstić information content (AvgIpc) is 3.01. The van der Waals surface area contributed by atoms with Crippen LogP contribution in [0.15, 0.2) is 17.5 Å². The van der Waals surface area contributed by atoms with E-state index in [0.717, 1.165) is 4.88 Å². The normalized spacial score (nSPS) is 22.0. The van der Waals surface area contributed by atoms with Crippen molar-refractivity contribution >= 4 is 17.2 Å². The third-order valence-electron chi connectivity index (χ3n) is 3.54. The number of ether oxygens (including phenoxy) is 2. The maximum atomic E-state index is 12.4. The molecule has 7 heteroatoms. The van der Waals surface area contributed by atoms with Crippen molar-refractivity contribution in [2.45, 2.75) is 24.6 Å². The van der Waals surface area contributed by atoms with Crippen molar-refractivity contribution in [1.29, 1.82) is 0 Å². The van der Waals surface area contributed by atoms with E-state index in [-0.39, 0.29) is 18.6 Å². The number of carbonyl (C=O) groups excluding carboxylic acids is 1. The summed E-state index contributed by atoms with van der Waals surface area (Å²) < 4.78 is 10.4. The predicted molar refractivity (Wildman–Crippen MR) is 80.1 cm³/mol. The Labute approximate surface area is 128 Å². The van der Waals surface area contributed by atoms with Crippen molar-refractivity contribution in [2.75, 3.05) is 33.5 Å². The molecule has 1 aromatic rings. The zero-order chi connectivity index (χ0) is 15.2. The van der Waals surface area contributed by atoms with Gasteiger partial charge in [-0.25, -0.2) is 0 Å². The van der Waals surface area contributed by atoms with Crippen LogP contribution in [0.1, 0.15) is 17.4 Å². The minimum atomic E-state index is -0.672. The van der Waals surface area contributed by atoms with E-state index in [0.29, 0.717) is 26.2 Å². The Bertz CT molecular complexity index is 440. The molecule has 6 nitrogen and oxygen atoms in total.